The van der Waals surface area contributed by atoms with Crippen LogP contribution >= 0.6 is 0 Å². The lowest BCUT2D eigenvalue weighted by atomic mass is 9.82. The third-order valence-corrected chi connectivity index (χ3v) is 4.88. The number of hydrogen-bond donors (Lipinski definition) is 2. The van der Waals surface area contributed by atoms with Gasteiger partial charge >= 0.3 is 6.09 Å². The highest BCUT2D eigenvalue weighted by molar-refractivity contribution is 5.64. The van der Waals surface area contributed by atoms with Gasteiger partial charge in [-0.2, -0.15) is 0 Å². The summed E-state index contributed by atoms with van der Waals surface area (Å²) in [5, 5.41) is 11.3. The van der Waals surface area contributed by atoms with Crippen LogP contribution in [0.3, 0.4) is 0 Å². The van der Waals surface area contributed by atoms with Gasteiger partial charge in [0.1, 0.15) is 0 Å². The third-order valence-electron chi connectivity index (χ3n) is 4.88. The summed E-state index contributed by atoms with van der Waals surface area (Å²) in [7, 11) is 1.81. The molecule has 5 heteroatoms. The topological polar surface area (TPSA) is 61.8 Å². The molecule has 110 valence electrons. The lowest BCUT2D eigenvalue weighted by molar-refractivity contribution is -0.0439. The lowest BCUT2D eigenvalue weighted by Crippen LogP contribution is -2.50. The second kappa shape index (κ2) is 6.09. The Balaban J connectivity index is 1.75. The highest BCUT2D eigenvalue weighted by Crippen LogP contribution is 2.33. The molecule has 1 saturated heterocycles. The van der Waals surface area contributed by atoms with Crippen LogP contribution < -0.4 is 5.32 Å². The number of rotatable bonds is 3. The molecule has 2 rings (SSSR count). The van der Waals surface area contributed by atoms with Crippen molar-refractivity contribution >= 4 is 6.09 Å². The van der Waals surface area contributed by atoms with E-state index in [2.05, 4.69) is 17.1 Å². The number of nitrogens with zero attached hydrogens (tertiary/aromatic N) is 1. The van der Waals surface area contributed by atoms with E-state index in [1.165, 1.54) is 12.8 Å². The molecule has 19 heavy (non-hydrogen) atoms. The normalized spacial score (nSPS) is 34.1. The van der Waals surface area contributed by atoms with Crippen molar-refractivity contribution in [3.8, 4) is 0 Å². The smallest absolute Gasteiger partial charge is 0.404 e. The van der Waals surface area contributed by atoms with Gasteiger partial charge in [-0.15, -0.1) is 0 Å². The van der Waals surface area contributed by atoms with Crippen LogP contribution in [0.5, 0.6) is 0 Å². The van der Waals surface area contributed by atoms with Crippen LogP contribution in [0.15, 0.2) is 0 Å². The van der Waals surface area contributed by atoms with Gasteiger partial charge in [-0.25, -0.2) is 4.79 Å². The van der Waals surface area contributed by atoms with Crippen LogP contribution in [0.4, 0.5) is 4.79 Å². The molecule has 1 saturated carbocycles. The van der Waals surface area contributed by atoms with Crippen molar-refractivity contribution < 1.29 is 14.6 Å². The van der Waals surface area contributed by atoms with E-state index in [0.717, 1.165) is 38.8 Å². The van der Waals surface area contributed by atoms with E-state index in [0.29, 0.717) is 6.04 Å². The van der Waals surface area contributed by atoms with Crippen molar-refractivity contribution in [3.05, 3.63) is 0 Å². The van der Waals surface area contributed by atoms with Crippen molar-refractivity contribution in [2.45, 2.75) is 63.1 Å². The number of carbonyl (C=O) groups is 1. The van der Waals surface area contributed by atoms with Crippen molar-refractivity contribution in [1.82, 2.24) is 10.2 Å². The Morgan fingerprint density at radius 2 is 1.84 bits per heavy atom. The number of hydrogen-bond acceptors (Lipinski definition) is 3. The van der Waals surface area contributed by atoms with E-state index >= 15 is 0 Å². The maximum absolute atomic E-state index is 10.6. The zero-order chi connectivity index (χ0) is 13.9. The summed E-state index contributed by atoms with van der Waals surface area (Å²) in [5.74, 6) is 0. The van der Waals surface area contributed by atoms with Crippen LogP contribution in [0.1, 0.15) is 45.4 Å². The molecular weight excluding hydrogens is 244 g/mol. The van der Waals surface area contributed by atoms with Gasteiger partial charge in [-0.3, -0.25) is 0 Å². The average Bonchev–Trinajstić information content (AvgIpc) is 2.40. The zero-order valence-corrected chi connectivity index (χ0v) is 12.0. The summed E-state index contributed by atoms with van der Waals surface area (Å²) in [5.41, 5.74) is 0.0691. The second-order valence-electron chi connectivity index (χ2n) is 6.14. The fourth-order valence-corrected chi connectivity index (χ4v) is 3.37. The number of methoxy groups -OCH3 is 1. The Morgan fingerprint density at radius 3 is 2.32 bits per heavy atom. The van der Waals surface area contributed by atoms with Crippen LogP contribution in [0, 0.1) is 0 Å². The van der Waals surface area contributed by atoms with Gasteiger partial charge in [-0.1, -0.05) is 0 Å². The first kappa shape index (κ1) is 14.6. The molecule has 0 aromatic carbocycles. The van der Waals surface area contributed by atoms with Crippen molar-refractivity contribution in [2.24, 2.45) is 0 Å². The number of amides is 1. The van der Waals surface area contributed by atoms with Gasteiger partial charge in [0.05, 0.1) is 5.60 Å². The van der Waals surface area contributed by atoms with Crippen molar-refractivity contribution in [3.63, 3.8) is 0 Å². The van der Waals surface area contributed by atoms with Crippen LogP contribution in [0.25, 0.3) is 0 Å². The maximum atomic E-state index is 10.6. The second-order valence-corrected chi connectivity index (χ2v) is 6.14. The maximum Gasteiger partial charge on any atom is 0.404 e. The number of piperidine rings is 1. The predicted molar refractivity (Wildman–Crippen MR) is 73.4 cm³/mol. The Hall–Kier alpha value is -0.810. The first-order chi connectivity index (χ1) is 9.02. The van der Waals surface area contributed by atoms with Gasteiger partial charge in [0.25, 0.3) is 0 Å². The van der Waals surface area contributed by atoms with Gasteiger partial charge in [0.15, 0.2) is 0 Å². The monoisotopic (exact) mass is 270 g/mol. The van der Waals surface area contributed by atoms with Gasteiger partial charge in [0.2, 0.25) is 0 Å². The lowest BCUT2D eigenvalue weighted by Gasteiger charge is -2.43. The molecule has 0 bridgehead atoms. The van der Waals surface area contributed by atoms with Crippen LogP contribution in [0.2, 0.25) is 0 Å². The Bertz CT molecular complexity index is 306. The first-order valence-corrected chi connectivity index (χ1v) is 7.31. The minimum absolute atomic E-state index is 0.0691. The minimum atomic E-state index is -0.896. The molecule has 0 aromatic rings. The van der Waals surface area contributed by atoms with Gasteiger partial charge < -0.3 is 20.1 Å². The largest absolute Gasteiger partial charge is 0.465 e. The quantitative estimate of drug-likeness (QED) is 0.824. The van der Waals surface area contributed by atoms with E-state index in [4.69, 9.17) is 9.84 Å². The van der Waals surface area contributed by atoms with E-state index in [1.807, 2.05) is 7.11 Å². The number of nitrogens with one attached hydrogen (secondary N) is 1. The minimum Gasteiger partial charge on any atom is -0.465 e. The molecule has 5 nitrogen and oxygen atoms in total. The Kier molecular flexibility index (Phi) is 4.68. The third kappa shape index (κ3) is 3.83. The molecule has 2 fully saturated rings. The molecule has 1 heterocycles. The molecule has 0 radical (unpaired) electrons. The van der Waals surface area contributed by atoms with Crippen LogP contribution in [-0.2, 0) is 4.74 Å². The molecule has 0 unspecified atom stereocenters. The first-order valence-electron chi connectivity index (χ1n) is 7.31. The summed E-state index contributed by atoms with van der Waals surface area (Å²) in [6.07, 6.45) is 5.62. The highest BCUT2D eigenvalue weighted by Gasteiger charge is 2.34. The van der Waals surface area contributed by atoms with Crippen LogP contribution in [-0.4, -0.2) is 54.0 Å². The fourth-order valence-electron chi connectivity index (χ4n) is 3.37. The molecule has 1 aliphatic heterocycles. The summed E-state index contributed by atoms with van der Waals surface area (Å²) < 4.78 is 5.58. The summed E-state index contributed by atoms with van der Waals surface area (Å²) in [6, 6.07) is 0.801. The highest BCUT2D eigenvalue weighted by atomic mass is 16.5. The summed E-state index contributed by atoms with van der Waals surface area (Å²) >= 11 is 0. The summed E-state index contributed by atoms with van der Waals surface area (Å²) in [6.45, 7) is 4.23. The average molecular weight is 270 g/mol. The molecular formula is C14H26N2O3. The van der Waals surface area contributed by atoms with Gasteiger partial charge in [-0.05, 0) is 45.4 Å². The molecule has 0 aromatic heterocycles. The summed E-state index contributed by atoms with van der Waals surface area (Å²) in [4.78, 5) is 13.2. The molecule has 1 amide bonds. The van der Waals surface area contributed by atoms with Crippen molar-refractivity contribution in [1.29, 1.82) is 0 Å². The number of ether oxygens (including phenoxy) is 1. The number of carboxylic acid groups (broad SMARTS) is 1. The van der Waals surface area contributed by atoms with E-state index in [9.17, 15) is 4.79 Å². The fraction of sp³-hybridized carbons (Fsp3) is 0.929. The SMILES string of the molecule is COC1(C)CCC(N2CCC(NC(=O)O)CC2)CC1. The molecule has 1 aliphatic carbocycles. The van der Waals surface area contributed by atoms with Gasteiger partial charge in [0, 0.05) is 32.3 Å². The Labute approximate surface area is 115 Å². The Morgan fingerprint density at radius 1 is 1.26 bits per heavy atom. The standard InChI is InChI=1S/C14H26N2O3/c1-14(19-2)7-3-12(4-8-14)16-9-5-11(6-10-16)15-13(17)18/h11-12,15H,3-10H2,1-2H3,(H,17,18). The molecule has 2 N–H and O–H groups in total. The van der Waals surface area contributed by atoms with E-state index < -0.39 is 6.09 Å². The molecule has 0 spiro atoms. The molecule has 0 atom stereocenters. The molecule has 2 aliphatic rings. The van der Waals surface area contributed by atoms with Crippen molar-refractivity contribution in [2.75, 3.05) is 20.2 Å². The van der Waals surface area contributed by atoms with E-state index in [1.54, 1.807) is 0 Å². The zero-order valence-electron chi connectivity index (χ0n) is 12.0. The van der Waals surface area contributed by atoms with E-state index in [-0.39, 0.29) is 11.6 Å². The number of likely N-dealkylation sites (tertiary alicyclic amines) is 1. The predicted octanol–water partition coefficient (Wildman–Crippen LogP) is 2.07.